The predicted octanol–water partition coefficient (Wildman–Crippen LogP) is 4.56. The van der Waals surface area contributed by atoms with E-state index in [-0.39, 0.29) is 6.42 Å². The molecule has 0 unspecified atom stereocenters. The van der Waals surface area contributed by atoms with Crippen molar-refractivity contribution in [1.82, 2.24) is 0 Å². The van der Waals surface area contributed by atoms with E-state index in [4.69, 9.17) is 0 Å². The minimum atomic E-state index is -0.924. The first-order valence-corrected chi connectivity index (χ1v) is 9.70. The molecule has 0 fully saturated rings. The maximum Gasteiger partial charge on any atom is 0.0422 e. The van der Waals surface area contributed by atoms with E-state index in [2.05, 4.69) is 6.92 Å². The molecule has 0 heterocycles. The quantitative estimate of drug-likeness (QED) is 0.392. The topological polar surface area (TPSA) is 40.1 Å². The summed E-state index contributed by atoms with van der Waals surface area (Å²) < 4.78 is 0. The zero-order valence-electron chi connectivity index (χ0n) is 13.3. The molecular weight excluding hydrogens is 268 g/mol. The van der Waals surface area contributed by atoms with Crippen molar-refractivity contribution >= 4 is 17.7 Å². The third-order valence-corrected chi connectivity index (χ3v) is 4.66. The first kappa shape index (κ1) is 19.8. The molecule has 0 N–H and O–H groups in total. The van der Waals surface area contributed by atoms with Crippen LogP contribution in [-0.4, -0.2) is 17.5 Å². The fraction of sp³-hybridized carbons (Fsp3) is 0.941. The van der Waals surface area contributed by atoms with Gasteiger partial charge in [-0.1, -0.05) is 77.6 Å². The molecule has 0 aliphatic rings. The highest BCUT2D eigenvalue weighted by molar-refractivity contribution is 7.99. The summed E-state index contributed by atoms with van der Waals surface area (Å²) in [7, 11) is 0. The van der Waals surface area contributed by atoms with Crippen molar-refractivity contribution < 1.29 is 9.90 Å². The van der Waals surface area contributed by atoms with Crippen LogP contribution in [0.15, 0.2) is 0 Å². The molecule has 0 atom stereocenters. The Bertz CT molecular complexity index is 207. The van der Waals surface area contributed by atoms with Crippen LogP contribution >= 0.6 is 11.8 Å². The molecule has 20 heavy (non-hydrogen) atoms. The number of aliphatic carboxylic acids is 1. The van der Waals surface area contributed by atoms with E-state index in [1.165, 1.54) is 77.0 Å². The van der Waals surface area contributed by atoms with Crippen LogP contribution in [0.4, 0.5) is 0 Å². The number of rotatable bonds is 16. The Kier molecular flexibility index (Phi) is 16.7. The summed E-state index contributed by atoms with van der Waals surface area (Å²) in [6.07, 6.45) is 16.7. The third-order valence-electron chi connectivity index (χ3n) is 3.59. The van der Waals surface area contributed by atoms with E-state index < -0.39 is 5.97 Å². The second-order valence-electron chi connectivity index (χ2n) is 5.62. The second-order valence-corrected chi connectivity index (χ2v) is 6.85. The molecular formula is C17H33O2S-. The number of carbonyl (C=O) groups is 1. The monoisotopic (exact) mass is 301 g/mol. The molecule has 3 heteroatoms. The van der Waals surface area contributed by atoms with Gasteiger partial charge in [-0.25, -0.2) is 0 Å². The largest absolute Gasteiger partial charge is 0.550 e. The maximum absolute atomic E-state index is 10.2. The molecule has 2 nitrogen and oxygen atoms in total. The minimum Gasteiger partial charge on any atom is -0.550 e. The van der Waals surface area contributed by atoms with Gasteiger partial charge in [-0.2, -0.15) is 11.8 Å². The number of hydrogen-bond acceptors (Lipinski definition) is 3. The molecule has 0 aromatic rings. The lowest BCUT2D eigenvalue weighted by Gasteiger charge is -2.04. The van der Waals surface area contributed by atoms with Crippen LogP contribution in [0.5, 0.6) is 0 Å². The normalized spacial score (nSPS) is 10.8. The van der Waals surface area contributed by atoms with Crippen molar-refractivity contribution in [3.63, 3.8) is 0 Å². The van der Waals surface area contributed by atoms with Gasteiger partial charge in [-0.05, 0) is 24.3 Å². The van der Waals surface area contributed by atoms with Crippen molar-refractivity contribution in [3.8, 4) is 0 Å². The van der Waals surface area contributed by atoms with Gasteiger partial charge in [-0.3, -0.25) is 0 Å². The van der Waals surface area contributed by atoms with Crippen molar-refractivity contribution in [2.75, 3.05) is 11.5 Å². The molecule has 0 radical (unpaired) electrons. The Morgan fingerprint density at radius 3 is 1.65 bits per heavy atom. The number of carboxylic acid groups (broad SMARTS) is 1. The van der Waals surface area contributed by atoms with Gasteiger partial charge in [0.05, 0.1) is 0 Å². The van der Waals surface area contributed by atoms with Gasteiger partial charge in [-0.15, -0.1) is 0 Å². The summed E-state index contributed by atoms with van der Waals surface area (Å²) in [5.41, 5.74) is 0. The minimum absolute atomic E-state index is 0.197. The highest BCUT2D eigenvalue weighted by atomic mass is 32.2. The van der Waals surface area contributed by atoms with Crippen molar-refractivity contribution in [2.24, 2.45) is 0 Å². The summed E-state index contributed by atoms with van der Waals surface area (Å²) in [5, 5.41) is 10.2. The molecule has 0 rings (SSSR count). The van der Waals surface area contributed by atoms with Crippen LogP contribution in [0.25, 0.3) is 0 Å². The van der Waals surface area contributed by atoms with Crippen molar-refractivity contribution in [3.05, 3.63) is 0 Å². The first-order chi connectivity index (χ1) is 9.77. The van der Waals surface area contributed by atoms with Gasteiger partial charge in [0.1, 0.15) is 0 Å². The first-order valence-electron chi connectivity index (χ1n) is 8.55. The Hall–Kier alpha value is -0.180. The van der Waals surface area contributed by atoms with E-state index in [0.29, 0.717) is 5.75 Å². The highest BCUT2D eigenvalue weighted by Gasteiger charge is 1.94. The lowest BCUT2D eigenvalue weighted by atomic mass is 10.1. The third kappa shape index (κ3) is 17.8. The fourth-order valence-corrected chi connectivity index (χ4v) is 3.23. The Morgan fingerprint density at radius 2 is 1.20 bits per heavy atom. The summed E-state index contributed by atoms with van der Waals surface area (Å²) in [4.78, 5) is 10.2. The van der Waals surface area contributed by atoms with E-state index in [1.54, 1.807) is 11.8 Å². The molecule has 0 aliphatic heterocycles. The highest BCUT2D eigenvalue weighted by Crippen LogP contribution is 2.13. The van der Waals surface area contributed by atoms with E-state index in [1.807, 2.05) is 0 Å². The Morgan fingerprint density at radius 1 is 0.750 bits per heavy atom. The lowest BCUT2D eigenvalue weighted by molar-refractivity contribution is -0.305. The van der Waals surface area contributed by atoms with Crippen LogP contribution < -0.4 is 5.11 Å². The van der Waals surface area contributed by atoms with Gasteiger partial charge in [0.25, 0.3) is 0 Å². The zero-order valence-corrected chi connectivity index (χ0v) is 14.1. The SMILES string of the molecule is CCCCCCCCCCCCCCSCCC(=O)[O-]. The fourth-order valence-electron chi connectivity index (χ4n) is 2.30. The molecule has 0 aliphatic carbocycles. The summed E-state index contributed by atoms with van der Waals surface area (Å²) in [5.74, 6) is 0.887. The number of thioether (sulfide) groups is 1. The standard InChI is InChI=1S/C17H34O2S/c1-2-3-4-5-6-7-8-9-10-11-12-13-15-20-16-14-17(18)19/h2-16H2,1H3,(H,18,19)/p-1. The van der Waals surface area contributed by atoms with Crippen molar-refractivity contribution in [2.45, 2.75) is 90.4 Å². The molecule has 0 aromatic heterocycles. The Labute approximate surface area is 130 Å². The number of carbonyl (C=O) groups excluding carboxylic acids is 1. The summed E-state index contributed by atoms with van der Waals surface area (Å²) in [6.45, 7) is 2.27. The van der Waals surface area contributed by atoms with Gasteiger partial charge in [0.2, 0.25) is 0 Å². The van der Waals surface area contributed by atoms with Crippen LogP contribution in [0.2, 0.25) is 0 Å². The van der Waals surface area contributed by atoms with Gasteiger partial charge < -0.3 is 9.90 Å². The predicted molar refractivity (Wildman–Crippen MR) is 88.0 cm³/mol. The second kappa shape index (κ2) is 16.9. The average Bonchev–Trinajstić information content (AvgIpc) is 2.43. The molecule has 120 valence electrons. The van der Waals surface area contributed by atoms with Gasteiger partial charge in [0, 0.05) is 5.97 Å². The van der Waals surface area contributed by atoms with Crippen LogP contribution in [-0.2, 0) is 4.79 Å². The van der Waals surface area contributed by atoms with Crippen molar-refractivity contribution in [1.29, 1.82) is 0 Å². The maximum atomic E-state index is 10.2. The Balaban J connectivity index is 2.94. The number of hydrogen-bond donors (Lipinski definition) is 0. The van der Waals surface area contributed by atoms with Crippen LogP contribution in [0.1, 0.15) is 90.4 Å². The number of unbranched alkanes of at least 4 members (excludes halogenated alkanes) is 11. The molecule has 0 amide bonds. The smallest absolute Gasteiger partial charge is 0.0422 e. The molecule has 0 spiro atoms. The average molecular weight is 302 g/mol. The van der Waals surface area contributed by atoms with E-state index in [0.717, 1.165) is 5.75 Å². The molecule has 0 bridgehead atoms. The van der Waals surface area contributed by atoms with Gasteiger partial charge >= 0.3 is 0 Å². The molecule has 0 saturated heterocycles. The molecule has 0 saturated carbocycles. The van der Waals surface area contributed by atoms with E-state index >= 15 is 0 Å². The lowest BCUT2D eigenvalue weighted by Crippen LogP contribution is -2.22. The van der Waals surface area contributed by atoms with Crippen LogP contribution in [0, 0.1) is 0 Å². The van der Waals surface area contributed by atoms with Gasteiger partial charge in [0.15, 0.2) is 0 Å². The zero-order chi connectivity index (χ0) is 14.9. The summed E-state index contributed by atoms with van der Waals surface area (Å²) in [6, 6.07) is 0. The number of carboxylic acids is 1. The summed E-state index contributed by atoms with van der Waals surface area (Å²) >= 11 is 1.74. The van der Waals surface area contributed by atoms with E-state index in [9.17, 15) is 9.90 Å². The van der Waals surface area contributed by atoms with Crippen LogP contribution in [0.3, 0.4) is 0 Å². The molecule has 0 aromatic carbocycles.